The molecule has 4 rings (SSSR count). The van der Waals surface area contributed by atoms with Crippen molar-refractivity contribution in [3.8, 4) is 5.75 Å². The number of hydrazine groups is 1. The largest absolute Gasteiger partial charge is 0.497 e. The second kappa shape index (κ2) is 8.16. The van der Waals surface area contributed by atoms with Crippen LogP contribution in [0.2, 0.25) is 0 Å². The van der Waals surface area contributed by atoms with E-state index in [1.807, 2.05) is 29.2 Å². The summed E-state index contributed by atoms with van der Waals surface area (Å²) >= 11 is 0. The molecule has 148 valence electrons. The van der Waals surface area contributed by atoms with Crippen LogP contribution in [-0.2, 0) is 4.79 Å². The van der Waals surface area contributed by atoms with E-state index in [-0.39, 0.29) is 23.8 Å². The molecule has 2 aromatic rings. The average molecular weight is 384 g/mol. The Morgan fingerprint density at radius 3 is 2.54 bits per heavy atom. The summed E-state index contributed by atoms with van der Waals surface area (Å²) in [6.07, 6.45) is 0.699. The third-order valence-electron chi connectivity index (χ3n) is 5.48. The van der Waals surface area contributed by atoms with Gasteiger partial charge in [0.25, 0.3) is 0 Å². The van der Waals surface area contributed by atoms with Gasteiger partial charge < -0.3 is 14.5 Å². The molecular formula is C21H25FN4O2. The number of piperazine rings is 1. The fourth-order valence-electron chi connectivity index (χ4n) is 3.85. The second-order valence-electron chi connectivity index (χ2n) is 7.19. The molecule has 7 heteroatoms. The van der Waals surface area contributed by atoms with Crippen LogP contribution < -0.4 is 20.5 Å². The van der Waals surface area contributed by atoms with Crippen molar-refractivity contribution in [3.63, 3.8) is 0 Å². The molecule has 0 bridgehead atoms. The van der Waals surface area contributed by atoms with Gasteiger partial charge in [0.2, 0.25) is 5.91 Å². The first-order valence-corrected chi connectivity index (χ1v) is 9.58. The van der Waals surface area contributed by atoms with Crippen LogP contribution in [0.4, 0.5) is 10.1 Å². The molecule has 0 aliphatic carbocycles. The Morgan fingerprint density at radius 2 is 1.82 bits per heavy atom. The Kier molecular flexibility index (Phi) is 5.45. The predicted octanol–water partition coefficient (Wildman–Crippen LogP) is 2.09. The first kappa shape index (κ1) is 18.7. The highest BCUT2D eigenvalue weighted by molar-refractivity contribution is 5.82. The lowest BCUT2D eigenvalue weighted by Crippen LogP contribution is -2.53. The van der Waals surface area contributed by atoms with E-state index >= 15 is 0 Å². The number of hydrogen-bond donors (Lipinski definition) is 2. The van der Waals surface area contributed by atoms with Crippen molar-refractivity contribution in [2.75, 3.05) is 38.2 Å². The SMILES string of the molecule is COc1cccc(C2CC(C(=O)N3CCN(c4ccc(F)cc4)CC3)NN2)c1. The number of benzene rings is 2. The van der Waals surface area contributed by atoms with Crippen LogP contribution in [0.5, 0.6) is 5.75 Å². The van der Waals surface area contributed by atoms with Crippen molar-refractivity contribution in [1.82, 2.24) is 15.8 Å². The lowest BCUT2D eigenvalue weighted by atomic mass is 10.0. The lowest BCUT2D eigenvalue weighted by molar-refractivity contribution is -0.133. The van der Waals surface area contributed by atoms with E-state index in [0.717, 1.165) is 30.1 Å². The Bertz CT molecular complexity index is 821. The summed E-state index contributed by atoms with van der Waals surface area (Å²) in [7, 11) is 1.65. The van der Waals surface area contributed by atoms with Crippen molar-refractivity contribution in [1.29, 1.82) is 0 Å². The van der Waals surface area contributed by atoms with Crippen molar-refractivity contribution in [2.45, 2.75) is 18.5 Å². The van der Waals surface area contributed by atoms with Crippen LogP contribution >= 0.6 is 0 Å². The molecule has 2 N–H and O–H groups in total. The zero-order chi connectivity index (χ0) is 19.5. The van der Waals surface area contributed by atoms with Crippen LogP contribution in [0, 0.1) is 5.82 Å². The van der Waals surface area contributed by atoms with Crippen LogP contribution in [0.15, 0.2) is 48.5 Å². The molecule has 0 aromatic heterocycles. The molecule has 1 amide bonds. The van der Waals surface area contributed by atoms with Crippen LogP contribution in [-0.4, -0.2) is 50.1 Å². The van der Waals surface area contributed by atoms with E-state index < -0.39 is 0 Å². The van der Waals surface area contributed by atoms with Crippen LogP contribution in [0.3, 0.4) is 0 Å². The number of nitrogens with one attached hydrogen (secondary N) is 2. The molecule has 2 aliphatic heterocycles. The van der Waals surface area contributed by atoms with Gasteiger partial charge in [0.05, 0.1) is 7.11 Å². The van der Waals surface area contributed by atoms with E-state index in [1.165, 1.54) is 12.1 Å². The summed E-state index contributed by atoms with van der Waals surface area (Å²) in [4.78, 5) is 17.0. The third kappa shape index (κ3) is 3.95. The van der Waals surface area contributed by atoms with Gasteiger partial charge in [-0.15, -0.1) is 0 Å². The molecule has 28 heavy (non-hydrogen) atoms. The Morgan fingerprint density at radius 1 is 1.07 bits per heavy atom. The molecule has 6 nitrogen and oxygen atoms in total. The van der Waals surface area contributed by atoms with E-state index in [4.69, 9.17) is 4.74 Å². The highest BCUT2D eigenvalue weighted by Crippen LogP contribution is 2.26. The molecular weight excluding hydrogens is 359 g/mol. The second-order valence-corrected chi connectivity index (χ2v) is 7.19. The molecule has 2 aromatic carbocycles. The predicted molar refractivity (Wildman–Crippen MR) is 106 cm³/mol. The summed E-state index contributed by atoms with van der Waals surface area (Å²) in [6.45, 7) is 2.82. The number of amides is 1. The van der Waals surface area contributed by atoms with Gasteiger partial charge in [-0.2, -0.15) is 0 Å². The zero-order valence-electron chi connectivity index (χ0n) is 15.9. The number of ether oxygens (including phenoxy) is 1. The van der Waals surface area contributed by atoms with Crippen LogP contribution in [0.25, 0.3) is 0 Å². The van der Waals surface area contributed by atoms with Crippen molar-refractivity contribution < 1.29 is 13.9 Å². The van der Waals surface area contributed by atoms with E-state index in [0.29, 0.717) is 19.5 Å². The fraction of sp³-hybridized carbons (Fsp3) is 0.381. The third-order valence-corrected chi connectivity index (χ3v) is 5.48. The van der Waals surface area contributed by atoms with Gasteiger partial charge in [-0.3, -0.25) is 4.79 Å². The summed E-state index contributed by atoms with van der Waals surface area (Å²) in [5.74, 6) is 0.700. The van der Waals surface area contributed by atoms with E-state index in [1.54, 1.807) is 19.2 Å². The van der Waals surface area contributed by atoms with E-state index in [9.17, 15) is 9.18 Å². The molecule has 2 unspecified atom stereocenters. The summed E-state index contributed by atoms with van der Waals surface area (Å²) in [6, 6.07) is 14.2. The molecule has 2 aliphatic rings. The molecule has 2 fully saturated rings. The molecule has 0 radical (unpaired) electrons. The van der Waals surface area contributed by atoms with Gasteiger partial charge in [0, 0.05) is 37.9 Å². The number of anilines is 1. The summed E-state index contributed by atoms with van der Waals surface area (Å²) in [5.41, 5.74) is 8.48. The quantitative estimate of drug-likeness (QED) is 0.846. The first-order valence-electron chi connectivity index (χ1n) is 9.58. The topological polar surface area (TPSA) is 56.8 Å². The maximum atomic E-state index is 13.1. The zero-order valence-corrected chi connectivity index (χ0v) is 15.9. The van der Waals surface area contributed by atoms with Crippen molar-refractivity contribution in [2.24, 2.45) is 0 Å². The fourth-order valence-corrected chi connectivity index (χ4v) is 3.85. The Labute approximate surface area is 164 Å². The average Bonchev–Trinajstić information content (AvgIpc) is 3.24. The van der Waals surface area contributed by atoms with Gasteiger partial charge >= 0.3 is 0 Å². The van der Waals surface area contributed by atoms with E-state index in [2.05, 4.69) is 15.8 Å². The summed E-state index contributed by atoms with van der Waals surface area (Å²) < 4.78 is 18.4. The monoisotopic (exact) mass is 384 g/mol. The summed E-state index contributed by atoms with van der Waals surface area (Å²) in [5, 5.41) is 0. The van der Waals surface area contributed by atoms with Crippen molar-refractivity contribution in [3.05, 3.63) is 59.9 Å². The molecule has 2 atom stereocenters. The number of rotatable bonds is 4. The minimum atomic E-state index is -0.242. The van der Waals surface area contributed by atoms with Gasteiger partial charge in [0.1, 0.15) is 17.6 Å². The minimum Gasteiger partial charge on any atom is -0.497 e. The minimum absolute atomic E-state index is 0.0737. The lowest BCUT2D eigenvalue weighted by Gasteiger charge is -2.37. The molecule has 0 saturated carbocycles. The number of methoxy groups -OCH3 is 1. The van der Waals surface area contributed by atoms with Crippen LogP contribution in [0.1, 0.15) is 18.0 Å². The van der Waals surface area contributed by atoms with Crippen molar-refractivity contribution >= 4 is 11.6 Å². The highest BCUT2D eigenvalue weighted by atomic mass is 19.1. The van der Waals surface area contributed by atoms with Gasteiger partial charge in [-0.1, -0.05) is 12.1 Å². The number of nitrogens with zero attached hydrogens (tertiary/aromatic N) is 2. The number of hydrogen-bond acceptors (Lipinski definition) is 5. The normalized spacial score (nSPS) is 22.4. The number of carbonyl (C=O) groups is 1. The Balaban J connectivity index is 1.32. The molecule has 2 heterocycles. The first-order chi connectivity index (χ1) is 13.6. The maximum absolute atomic E-state index is 13.1. The molecule has 0 spiro atoms. The standard InChI is InChI=1S/C21H25FN4O2/c1-28-18-4-2-3-15(13-18)19-14-20(24-23-19)21(27)26-11-9-25(10-12-26)17-7-5-16(22)6-8-17/h2-8,13,19-20,23-24H,9-12,14H2,1H3. The maximum Gasteiger partial charge on any atom is 0.241 e. The van der Waals surface area contributed by atoms with Gasteiger partial charge in [-0.05, 0) is 48.4 Å². The highest BCUT2D eigenvalue weighted by Gasteiger charge is 2.34. The number of halogens is 1. The number of carbonyl (C=O) groups excluding carboxylic acids is 1. The molecule has 2 saturated heterocycles. The van der Waals surface area contributed by atoms with Gasteiger partial charge in [0.15, 0.2) is 0 Å². The smallest absolute Gasteiger partial charge is 0.241 e. The van der Waals surface area contributed by atoms with Gasteiger partial charge in [-0.25, -0.2) is 15.2 Å². The Hall–Kier alpha value is -2.64.